The molecular weight excluding hydrogens is 312 g/mol. The van der Waals surface area contributed by atoms with Crippen LogP contribution in [0.5, 0.6) is 11.5 Å². The molecule has 0 amide bonds. The van der Waals surface area contributed by atoms with Gasteiger partial charge in [-0.15, -0.1) is 0 Å². The Morgan fingerprint density at radius 2 is 1.72 bits per heavy atom. The van der Waals surface area contributed by atoms with E-state index in [9.17, 15) is 0 Å². The summed E-state index contributed by atoms with van der Waals surface area (Å²) in [6.07, 6.45) is 3.81. The van der Waals surface area contributed by atoms with E-state index in [2.05, 4.69) is 28.5 Å². The Morgan fingerprint density at radius 1 is 0.920 bits per heavy atom. The van der Waals surface area contributed by atoms with E-state index < -0.39 is 0 Å². The molecule has 0 saturated heterocycles. The minimum absolute atomic E-state index is 0.0140. The zero-order valence-electron chi connectivity index (χ0n) is 13.9. The zero-order valence-corrected chi connectivity index (χ0v) is 13.9. The number of benzene rings is 2. The van der Waals surface area contributed by atoms with Crippen LogP contribution in [0.25, 0.3) is 11.1 Å². The SMILES string of the molecule is c1ccc(-c2cncc(CNCC3COc4ccccc4O3)c2)cc1. The molecule has 126 valence electrons. The number of rotatable bonds is 5. The van der Waals surface area contributed by atoms with Gasteiger partial charge in [0.2, 0.25) is 0 Å². The molecule has 0 spiro atoms. The van der Waals surface area contributed by atoms with Crippen molar-refractivity contribution in [2.45, 2.75) is 12.6 Å². The van der Waals surface area contributed by atoms with Gasteiger partial charge in [-0.2, -0.15) is 0 Å². The van der Waals surface area contributed by atoms with E-state index in [1.54, 1.807) is 0 Å². The summed E-state index contributed by atoms with van der Waals surface area (Å²) >= 11 is 0. The molecule has 0 radical (unpaired) electrons. The number of hydrogen-bond acceptors (Lipinski definition) is 4. The van der Waals surface area contributed by atoms with E-state index in [-0.39, 0.29) is 6.10 Å². The van der Waals surface area contributed by atoms with Crippen molar-refractivity contribution in [1.82, 2.24) is 10.3 Å². The molecule has 2 aromatic carbocycles. The fourth-order valence-corrected chi connectivity index (χ4v) is 2.91. The van der Waals surface area contributed by atoms with Crippen molar-refractivity contribution < 1.29 is 9.47 Å². The van der Waals surface area contributed by atoms with Crippen LogP contribution >= 0.6 is 0 Å². The summed E-state index contributed by atoms with van der Waals surface area (Å²) in [5.41, 5.74) is 3.46. The molecule has 1 unspecified atom stereocenters. The van der Waals surface area contributed by atoms with Crippen LogP contribution in [0.3, 0.4) is 0 Å². The van der Waals surface area contributed by atoms with E-state index in [0.717, 1.165) is 35.7 Å². The number of para-hydroxylation sites is 2. The second-order valence-corrected chi connectivity index (χ2v) is 6.08. The first kappa shape index (κ1) is 15.7. The second-order valence-electron chi connectivity index (χ2n) is 6.08. The van der Waals surface area contributed by atoms with Crippen LogP contribution in [0, 0.1) is 0 Å². The van der Waals surface area contributed by atoms with Crippen LogP contribution in [0.1, 0.15) is 5.56 Å². The fourth-order valence-electron chi connectivity index (χ4n) is 2.91. The Morgan fingerprint density at radius 3 is 2.60 bits per heavy atom. The van der Waals surface area contributed by atoms with Crippen LogP contribution in [0.15, 0.2) is 73.1 Å². The highest BCUT2D eigenvalue weighted by molar-refractivity contribution is 5.62. The molecular formula is C21H20N2O2. The Labute approximate surface area is 147 Å². The molecule has 1 N–H and O–H groups in total. The van der Waals surface area contributed by atoms with Crippen molar-refractivity contribution in [3.8, 4) is 22.6 Å². The minimum atomic E-state index is 0.0140. The zero-order chi connectivity index (χ0) is 16.9. The summed E-state index contributed by atoms with van der Waals surface area (Å²) in [5, 5.41) is 3.44. The number of aromatic nitrogens is 1. The van der Waals surface area contributed by atoms with Gasteiger partial charge in [-0.1, -0.05) is 42.5 Å². The maximum absolute atomic E-state index is 5.96. The molecule has 0 bridgehead atoms. The first-order valence-corrected chi connectivity index (χ1v) is 8.47. The lowest BCUT2D eigenvalue weighted by Gasteiger charge is -2.26. The van der Waals surface area contributed by atoms with Gasteiger partial charge in [0.15, 0.2) is 11.5 Å². The summed E-state index contributed by atoms with van der Waals surface area (Å²) in [5.74, 6) is 1.63. The minimum Gasteiger partial charge on any atom is -0.486 e. The molecule has 1 aromatic heterocycles. The van der Waals surface area contributed by atoms with E-state index in [1.807, 2.05) is 54.9 Å². The quantitative estimate of drug-likeness (QED) is 0.774. The summed E-state index contributed by atoms with van der Waals surface area (Å²) in [6.45, 7) is 2.03. The van der Waals surface area contributed by atoms with Gasteiger partial charge >= 0.3 is 0 Å². The second kappa shape index (κ2) is 7.36. The topological polar surface area (TPSA) is 43.4 Å². The predicted octanol–water partition coefficient (Wildman–Crippen LogP) is 3.68. The molecule has 1 aliphatic rings. The first-order valence-electron chi connectivity index (χ1n) is 8.47. The molecule has 25 heavy (non-hydrogen) atoms. The van der Waals surface area contributed by atoms with Gasteiger partial charge in [0, 0.05) is 31.0 Å². The van der Waals surface area contributed by atoms with E-state index in [4.69, 9.17) is 9.47 Å². The molecule has 2 heterocycles. The van der Waals surface area contributed by atoms with Crippen molar-refractivity contribution >= 4 is 0 Å². The van der Waals surface area contributed by atoms with Crippen LogP contribution < -0.4 is 14.8 Å². The van der Waals surface area contributed by atoms with E-state index in [0.29, 0.717) is 6.61 Å². The van der Waals surface area contributed by atoms with Crippen molar-refractivity contribution in [3.05, 3.63) is 78.6 Å². The van der Waals surface area contributed by atoms with Gasteiger partial charge < -0.3 is 14.8 Å². The Bertz CT molecular complexity index is 836. The predicted molar refractivity (Wildman–Crippen MR) is 97.7 cm³/mol. The van der Waals surface area contributed by atoms with Crippen LogP contribution in [-0.2, 0) is 6.54 Å². The maximum Gasteiger partial charge on any atom is 0.161 e. The lowest BCUT2D eigenvalue weighted by Crippen LogP contribution is -2.38. The number of fused-ring (bicyclic) bond motifs is 1. The molecule has 1 atom stereocenters. The summed E-state index contributed by atoms with van der Waals surface area (Å²) < 4.78 is 11.7. The monoisotopic (exact) mass is 332 g/mol. The van der Waals surface area contributed by atoms with Crippen molar-refractivity contribution in [1.29, 1.82) is 0 Å². The van der Waals surface area contributed by atoms with Gasteiger partial charge in [-0.25, -0.2) is 0 Å². The normalized spacial score (nSPS) is 15.8. The Kier molecular flexibility index (Phi) is 4.61. The summed E-state index contributed by atoms with van der Waals surface area (Å²) in [7, 11) is 0. The number of ether oxygens (including phenoxy) is 2. The summed E-state index contributed by atoms with van der Waals surface area (Å²) in [4.78, 5) is 4.36. The first-order chi connectivity index (χ1) is 12.4. The van der Waals surface area contributed by atoms with Crippen LogP contribution in [0.2, 0.25) is 0 Å². The van der Waals surface area contributed by atoms with Crippen molar-refractivity contribution in [2.24, 2.45) is 0 Å². The largest absolute Gasteiger partial charge is 0.486 e. The highest BCUT2D eigenvalue weighted by Crippen LogP contribution is 2.30. The third-order valence-electron chi connectivity index (χ3n) is 4.17. The highest BCUT2D eigenvalue weighted by Gasteiger charge is 2.19. The van der Waals surface area contributed by atoms with Gasteiger partial charge in [0.1, 0.15) is 12.7 Å². The average Bonchev–Trinajstić information content (AvgIpc) is 2.69. The van der Waals surface area contributed by atoms with Gasteiger partial charge in [0.25, 0.3) is 0 Å². The lowest BCUT2D eigenvalue weighted by molar-refractivity contribution is 0.0902. The fraction of sp³-hybridized carbons (Fsp3) is 0.190. The molecule has 3 aromatic rings. The number of nitrogens with one attached hydrogen (secondary N) is 1. The third kappa shape index (κ3) is 3.80. The number of hydrogen-bond donors (Lipinski definition) is 1. The Balaban J connectivity index is 1.34. The van der Waals surface area contributed by atoms with E-state index >= 15 is 0 Å². The highest BCUT2D eigenvalue weighted by atomic mass is 16.6. The van der Waals surface area contributed by atoms with Crippen LogP contribution in [0.4, 0.5) is 0 Å². The molecule has 4 nitrogen and oxygen atoms in total. The van der Waals surface area contributed by atoms with Crippen molar-refractivity contribution in [3.63, 3.8) is 0 Å². The van der Waals surface area contributed by atoms with Crippen LogP contribution in [-0.4, -0.2) is 24.2 Å². The molecule has 0 aliphatic carbocycles. The molecule has 4 rings (SSSR count). The van der Waals surface area contributed by atoms with E-state index in [1.165, 1.54) is 5.56 Å². The maximum atomic E-state index is 5.96. The number of pyridine rings is 1. The van der Waals surface area contributed by atoms with Gasteiger partial charge in [-0.05, 0) is 29.3 Å². The van der Waals surface area contributed by atoms with Crippen molar-refractivity contribution in [2.75, 3.05) is 13.2 Å². The standard InChI is InChI=1S/C21H20N2O2/c1-2-6-17(7-3-1)18-10-16(11-22-13-18)12-23-14-19-15-24-20-8-4-5-9-21(20)25-19/h1-11,13,19,23H,12,14-15H2. The van der Waals surface area contributed by atoms with Gasteiger partial charge in [0.05, 0.1) is 0 Å². The Hall–Kier alpha value is -2.85. The molecule has 4 heteroatoms. The van der Waals surface area contributed by atoms with Gasteiger partial charge in [-0.3, -0.25) is 4.98 Å². The smallest absolute Gasteiger partial charge is 0.161 e. The molecule has 1 aliphatic heterocycles. The molecule has 0 fully saturated rings. The average molecular weight is 332 g/mol. The lowest BCUT2D eigenvalue weighted by atomic mass is 10.1. The number of nitrogens with zero attached hydrogens (tertiary/aromatic N) is 1. The summed E-state index contributed by atoms with van der Waals surface area (Å²) in [6, 6.07) is 20.2. The molecule has 0 saturated carbocycles. The third-order valence-corrected chi connectivity index (χ3v) is 4.17.